The maximum Gasteiger partial charge on any atom is 0.221 e. The molecule has 5 heteroatoms. The third-order valence-electron chi connectivity index (χ3n) is 2.81. The Bertz CT molecular complexity index is 433. The molecule has 0 bridgehead atoms. The zero-order chi connectivity index (χ0) is 13.0. The van der Waals surface area contributed by atoms with Crippen molar-refractivity contribution in [3.63, 3.8) is 0 Å². The van der Waals surface area contributed by atoms with Crippen molar-refractivity contribution in [2.75, 3.05) is 6.54 Å². The molecule has 0 saturated heterocycles. The summed E-state index contributed by atoms with van der Waals surface area (Å²) >= 11 is 3.27. The van der Waals surface area contributed by atoms with E-state index in [4.69, 9.17) is 0 Å². The maximum atomic E-state index is 11.4. The van der Waals surface area contributed by atoms with Gasteiger partial charge in [-0.15, -0.1) is 0 Å². The highest BCUT2D eigenvalue weighted by Gasteiger charge is 2.22. The Balaban J connectivity index is 1.64. The largest absolute Gasteiger partial charge is 0.507 e. The standard InChI is InChI=1S/C13H17BrN2O2/c14-11-7-9(1-4-12(11)17)8-15-6-5-13(18)16-10-2-3-10/h1,4,7,10,15,17H,2-3,5-6,8H2,(H,16,18). The van der Waals surface area contributed by atoms with Crippen LogP contribution in [0.1, 0.15) is 24.8 Å². The van der Waals surface area contributed by atoms with Crippen molar-refractivity contribution in [1.82, 2.24) is 10.6 Å². The third-order valence-corrected chi connectivity index (χ3v) is 3.45. The van der Waals surface area contributed by atoms with Crippen LogP contribution in [-0.4, -0.2) is 23.6 Å². The van der Waals surface area contributed by atoms with Crippen LogP contribution in [0.15, 0.2) is 22.7 Å². The van der Waals surface area contributed by atoms with E-state index in [1.54, 1.807) is 6.07 Å². The van der Waals surface area contributed by atoms with Crippen LogP contribution in [0, 0.1) is 0 Å². The second-order valence-corrected chi connectivity index (χ2v) is 5.41. The SMILES string of the molecule is O=C(CCNCc1ccc(O)c(Br)c1)NC1CC1. The summed E-state index contributed by atoms with van der Waals surface area (Å²) < 4.78 is 0.688. The number of halogens is 1. The summed E-state index contributed by atoms with van der Waals surface area (Å²) in [4.78, 5) is 11.4. The van der Waals surface area contributed by atoms with E-state index in [-0.39, 0.29) is 11.7 Å². The van der Waals surface area contributed by atoms with Crippen LogP contribution < -0.4 is 10.6 Å². The molecule has 0 unspecified atom stereocenters. The van der Waals surface area contributed by atoms with Crippen molar-refractivity contribution in [2.24, 2.45) is 0 Å². The van der Waals surface area contributed by atoms with E-state index in [2.05, 4.69) is 26.6 Å². The number of phenolic OH excluding ortho intramolecular Hbond substituents is 1. The Labute approximate surface area is 115 Å². The number of amides is 1. The lowest BCUT2D eigenvalue weighted by Gasteiger charge is -2.06. The van der Waals surface area contributed by atoms with Gasteiger partial charge in [0.25, 0.3) is 0 Å². The zero-order valence-corrected chi connectivity index (χ0v) is 11.7. The number of hydrogen-bond donors (Lipinski definition) is 3. The first kappa shape index (κ1) is 13.4. The highest BCUT2D eigenvalue weighted by atomic mass is 79.9. The highest BCUT2D eigenvalue weighted by molar-refractivity contribution is 9.10. The summed E-state index contributed by atoms with van der Waals surface area (Å²) in [5, 5.41) is 15.5. The minimum absolute atomic E-state index is 0.122. The van der Waals surface area contributed by atoms with Crippen molar-refractivity contribution in [3.8, 4) is 5.75 Å². The number of carbonyl (C=O) groups is 1. The first-order valence-corrected chi connectivity index (χ1v) is 6.92. The van der Waals surface area contributed by atoms with Gasteiger partial charge < -0.3 is 15.7 Å². The molecule has 1 aliphatic rings. The molecule has 3 N–H and O–H groups in total. The van der Waals surface area contributed by atoms with Gasteiger partial charge in [-0.05, 0) is 46.5 Å². The van der Waals surface area contributed by atoms with E-state index >= 15 is 0 Å². The molecule has 1 amide bonds. The third kappa shape index (κ3) is 4.31. The first-order chi connectivity index (χ1) is 8.65. The molecular weight excluding hydrogens is 296 g/mol. The number of carbonyl (C=O) groups excluding carboxylic acids is 1. The Hall–Kier alpha value is -1.07. The van der Waals surface area contributed by atoms with E-state index < -0.39 is 0 Å². The number of benzene rings is 1. The monoisotopic (exact) mass is 312 g/mol. The number of nitrogens with one attached hydrogen (secondary N) is 2. The Kier molecular flexibility index (Phi) is 4.60. The molecule has 0 aliphatic heterocycles. The van der Waals surface area contributed by atoms with E-state index in [9.17, 15) is 9.90 Å². The first-order valence-electron chi connectivity index (χ1n) is 6.12. The van der Waals surface area contributed by atoms with Crippen LogP contribution in [0.5, 0.6) is 5.75 Å². The van der Waals surface area contributed by atoms with Gasteiger partial charge in [0.05, 0.1) is 4.47 Å². The molecule has 0 heterocycles. The topological polar surface area (TPSA) is 61.4 Å². The number of phenols is 1. The van der Waals surface area contributed by atoms with Gasteiger partial charge in [-0.1, -0.05) is 6.07 Å². The van der Waals surface area contributed by atoms with Gasteiger partial charge in [0.15, 0.2) is 0 Å². The molecule has 0 aromatic heterocycles. The normalized spacial score (nSPS) is 14.5. The predicted octanol–water partition coefficient (Wildman–Crippen LogP) is 1.91. The van der Waals surface area contributed by atoms with Crippen molar-refractivity contribution in [1.29, 1.82) is 0 Å². The predicted molar refractivity (Wildman–Crippen MR) is 73.3 cm³/mol. The summed E-state index contributed by atoms with van der Waals surface area (Å²) in [6, 6.07) is 5.82. The molecule has 1 aromatic rings. The molecule has 0 spiro atoms. The Morgan fingerprint density at radius 2 is 2.22 bits per heavy atom. The smallest absolute Gasteiger partial charge is 0.221 e. The van der Waals surface area contributed by atoms with E-state index in [1.165, 1.54) is 0 Å². The molecule has 1 aromatic carbocycles. The molecule has 0 atom stereocenters. The Morgan fingerprint density at radius 3 is 2.89 bits per heavy atom. The lowest BCUT2D eigenvalue weighted by molar-refractivity contribution is -0.121. The molecule has 98 valence electrons. The van der Waals surface area contributed by atoms with Crippen LogP contribution in [0.25, 0.3) is 0 Å². The summed E-state index contributed by atoms with van der Waals surface area (Å²) in [5.74, 6) is 0.361. The summed E-state index contributed by atoms with van der Waals surface area (Å²) in [5.41, 5.74) is 1.07. The van der Waals surface area contributed by atoms with Crippen molar-refractivity contribution < 1.29 is 9.90 Å². The van der Waals surface area contributed by atoms with Gasteiger partial charge in [-0.25, -0.2) is 0 Å². The number of hydrogen-bond acceptors (Lipinski definition) is 3. The average molecular weight is 313 g/mol. The molecule has 2 rings (SSSR count). The van der Waals surface area contributed by atoms with Crippen LogP contribution >= 0.6 is 15.9 Å². The number of rotatable bonds is 6. The molecule has 1 fully saturated rings. The van der Waals surface area contributed by atoms with Crippen molar-refractivity contribution >= 4 is 21.8 Å². The van der Waals surface area contributed by atoms with Crippen LogP contribution in [-0.2, 0) is 11.3 Å². The lowest BCUT2D eigenvalue weighted by atomic mass is 10.2. The second-order valence-electron chi connectivity index (χ2n) is 4.55. The van der Waals surface area contributed by atoms with Gasteiger partial charge in [-0.3, -0.25) is 4.79 Å². The summed E-state index contributed by atoms with van der Waals surface area (Å²) in [7, 11) is 0. The van der Waals surface area contributed by atoms with E-state index in [0.717, 1.165) is 18.4 Å². The van der Waals surface area contributed by atoms with E-state index in [1.807, 2.05) is 12.1 Å². The van der Waals surface area contributed by atoms with Crippen LogP contribution in [0.3, 0.4) is 0 Å². The minimum atomic E-state index is 0.122. The van der Waals surface area contributed by atoms with E-state index in [0.29, 0.717) is 30.0 Å². The summed E-state index contributed by atoms with van der Waals surface area (Å²) in [6.45, 7) is 1.35. The van der Waals surface area contributed by atoms with Crippen LogP contribution in [0.4, 0.5) is 0 Å². The molecular formula is C13H17BrN2O2. The molecule has 0 radical (unpaired) electrons. The molecule has 1 saturated carbocycles. The van der Waals surface area contributed by atoms with Gasteiger partial charge in [0.1, 0.15) is 5.75 Å². The molecule has 4 nitrogen and oxygen atoms in total. The van der Waals surface area contributed by atoms with Gasteiger partial charge in [0, 0.05) is 25.6 Å². The van der Waals surface area contributed by atoms with Crippen molar-refractivity contribution in [3.05, 3.63) is 28.2 Å². The van der Waals surface area contributed by atoms with Gasteiger partial charge in [0.2, 0.25) is 5.91 Å². The fourth-order valence-electron chi connectivity index (χ4n) is 1.62. The van der Waals surface area contributed by atoms with Crippen molar-refractivity contribution in [2.45, 2.75) is 31.8 Å². The second kappa shape index (κ2) is 6.20. The van der Waals surface area contributed by atoms with Gasteiger partial charge >= 0.3 is 0 Å². The fraction of sp³-hybridized carbons (Fsp3) is 0.462. The molecule has 18 heavy (non-hydrogen) atoms. The number of aromatic hydroxyl groups is 1. The zero-order valence-electron chi connectivity index (χ0n) is 10.1. The summed E-state index contributed by atoms with van der Waals surface area (Å²) in [6.07, 6.45) is 2.76. The van der Waals surface area contributed by atoms with Crippen LogP contribution in [0.2, 0.25) is 0 Å². The minimum Gasteiger partial charge on any atom is -0.507 e. The fourth-order valence-corrected chi connectivity index (χ4v) is 2.05. The highest BCUT2D eigenvalue weighted by Crippen LogP contribution is 2.24. The maximum absolute atomic E-state index is 11.4. The quantitative estimate of drug-likeness (QED) is 0.703. The lowest BCUT2D eigenvalue weighted by Crippen LogP contribution is -2.28. The van der Waals surface area contributed by atoms with Gasteiger partial charge in [-0.2, -0.15) is 0 Å². The average Bonchev–Trinajstić information content (AvgIpc) is 3.13. The molecule has 1 aliphatic carbocycles. The Morgan fingerprint density at radius 1 is 1.44 bits per heavy atom.